The number of rotatable bonds is 0. The molecule has 0 amide bonds. The van der Waals surface area contributed by atoms with E-state index >= 15 is 0 Å². The molecule has 0 aromatic rings. The minimum atomic E-state index is -0.106. The Balaban J connectivity index is 2.05. The molecule has 2 nitrogen and oxygen atoms in total. The first-order valence-electron chi connectivity index (χ1n) is 3.27. The summed E-state index contributed by atoms with van der Waals surface area (Å²) in [6.07, 6.45) is 2.33. The molecule has 0 aliphatic carbocycles. The maximum Gasteiger partial charge on any atom is 0.174 e. The van der Waals surface area contributed by atoms with Gasteiger partial charge in [0, 0.05) is 0 Å². The molecule has 2 aliphatic heterocycles. The number of alkyl halides is 1. The third-order valence-electron chi connectivity index (χ3n) is 1.83. The highest BCUT2D eigenvalue weighted by molar-refractivity contribution is 6.21. The monoisotopic (exact) mass is 148 g/mol. The van der Waals surface area contributed by atoms with Gasteiger partial charge in [-0.1, -0.05) is 0 Å². The lowest BCUT2D eigenvalue weighted by Gasteiger charge is -2.21. The van der Waals surface area contributed by atoms with E-state index in [0.717, 1.165) is 19.4 Å². The molecule has 2 fully saturated rings. The molecule has 9 heavy (non-hydrogen) atoms. The highest BCUT2D eigenvalue weighted by atomic mass is 35.5. The zero-order chi connectivity index (χ0) is 6.27. The van der Waals surface area contributed by atoms with Crippen LogP contribution in [0.25, 0.3) is 0 Å². The van der Waals surface area contributed by atoms with Crippen LogP contribution in [0.4, 0.5) is 0 Å². The minimum absolute atomic E-state index is 0.0868. The van der Waals surface area contributed by atoms with Gasteiger partial charge in [-0.15, -0.1) is 11.6 Å². The van der Waals surface area contributed by atoms with Crippen molar-refractivity contribution in [2.75, 3.05) is 6.61 Å². The third-order valence-corrected chi connectivity index (χ3v) is 2.26. The maximum atomic E-state index is 5.86. The Kier molecular flexibility index (Phi) is 1.40. The number of fused-ring (bicyclic) bond motifs is 2. The van der Waals surface area contributed by atoms with E-state index in [1.807, 2.05) is 0 Å². The largest absolute Gasteiger partial charge is 0.348 e. The second kappa shape index (κ2) is 2.11. The summed E-state index contributed by atoms with van der Waals surface area (Å²) >= 11 is 5.86. The summed E-state index contributed by atoms with van der Waals surface area (Å²) in [4.78, 5) is 0. The lowest BCUT2D eigenvalue weighted by Crippen LogP contribution is -2.28. The SMILES string of the molecule is Cl[C@@H]1CC[C@H]2CO[C@@H]1O2. The van der Waals surface area contributed by atoms with Crippen molar-refractivity contribution in [3.8, 4) is 0 Å². The van der Waals surface area contributed by atoms with E-state index in [9.17, 15) is 0 Å². The molecule has 2 aliphatic rings. The third kappa shape index (κ3) is 0.955. The minimum Gasteiger partial charge on any atom is -0.348 e. The average molecular weight is 149 g/mol. The van der Waals surface area contributed by atoms with Gasteiger partial charge in [-0.25, -0.2) is 0 Å². The Labute approximate surface area is 59.1 Å². The fraction of sp³-hybridized carbons (Fsp3) is 1.00. The van der Waals surface area contributed by atoms with Crippen molar-refractivity contribution in [2.45, 2.75) is 30.6 Å². The molecule has 2 bridgehead atoms. The molecule has 0 N–H and O–H groups in total. The number of halogens is 1. The quantitative estimate of drug-likeness (QED) is 0.480. The lowest BCUT2D eigenvalue weighted by molar-refractivity contribution is -0.0782. The molecule has 52 valence electrons. The van der Waals surface area contributed by atoms with E-state index in [1.165, 1.54) is 0 Å². The molecule has 0 radical (unpaired) electrons. The van der Waals surface area contributed by atoms with Gasteiger partial charge in [0.25, 0.3) is 0 Å². The summed E-state index contributed by atoms with van der Waals surface area (Å²) in [5.74, 6) is 0. The standard InChI is InChI=1S/C6H9ClO2/c7-5-2-1-4-3-8-6(5)9-4/h4-6H,1-3H2/t4-,5+,6+/m0/s1. The number of hydrogen-bond acceptors (Lipinski definition) is 2. The topological polar surface area (TPSA) is 18.5 Å². The summed E-state index contributed by atoms with van der Waals surface area (Å²) in [6.45, 7) is 0.744. The summed E-state index contributed by atoms with van der Waals surface area (Å²) < 4.78 is 10.6. The summed E-state index contributed by atoms with van der Waals surface area (Å²) in [6, 6.07) is 0. The molecule has 0 unspecified atom stereocenters. The molecule has 2 rings (SSSR count). The van der Waals surface area contributed by atoms with Gasteiger partial charge in [0.2, 0.25) is 0 Å². The Morgan fingerprint density at radius 2 is 2.22 bits per heavy atom. The summed E-state index contributed by atoms with van der Waals surface area (Å²) in [5, 5.41) is 0.0868. The normalized spacial score (nSPS) is 49.7. The summed E-state index contributed by atoms with van der Waals surface area (Å²) in [5.41, 5.74) is 0. The highest BCUT2D eigenvalue weighted by Crippen LogP contribution is 2.29. The molecular weight excluding hydrogens is 140 g/mol. The number of ether oxygens (including phenoxy) is 2. The zero-order valence-electron chi connectivity index (χ0n) is 5.05. The first-order chi connectivity index (χ1) is 4.36. The fourth-order valence-corrected chi connectivity index (χ4v) is 1.55. The molecule has 0 aromatic heterocycles. The van der Waals surface area contributed by atoms with Gasteiger partial charge < -0.3 is 9.47 Å². The maximum absolute atomic E-state index is 5.86. The molecule has 0 spiro atoms. The van der Waals surface area contributed by atoms with Crippen molar-refractivity contribution < 1.29 is 9.47 Å². The first kappa shape index (κ1) is 5.96. The van der Waals surface area contributed by atoms with Gasteiger partial charge in [-0.3, -0.25) is 0 Å². The Morgan fingerprint density at radius 3 is 3.00 bits per heavy atom. The Morgan fingerprint density at radius 1 is 1.33 bits per heavy atom. The van der Waals surface area contributed by atoms with Crippen LogP contribution in [0.3, 0.4) is 0 Å². The van der Waals surface area contributed by atoms with Crippen LogP contribution < -0.4 is 0 Å². The summed E-state index contributed by atoms with van der Waals surface area (Å²) in [7, 11) is 0. The van der Waals surface area contributed by atoms with Gasteiger partial charge >= 0.3 is 0 Å². The van der Waals surface area contributed by atoms with Crippen LogP contribution in [0.5, 0.6) is 0 Å². The van der Waals surface area contributed by atoms with Gasteiger partial charge in [0.15, 0.2) is 6.29 Å². The second-order valence-electron chi connectivity index (χ2n) is 2.55. The smallest absolute Gasteiger partial charge is 0.174 e. The van der Waals surface area contributed by atoms with E-state index in [4.69, 9.17) is 21.1 Å². The predicted octanol–water partition coefficient (Wildman–Crippen LogP) is 1.13. The van der Waals surface area contributed by atoms with Crippen molar-refractivity contribution >= 4 is 11.6 Å². The van der Waals surface area contributed by atoms with Crippen molar-refractivity contribution in [1.29, 1.82) is 0 Å². The van der Waals surface area contributed by atoms with E-state index in [1.54, 1.807) is 0 Å². The highest BCUT2D eigenvalue weighted by Gasteiger charge is 2.36. The van der Waals surface area contributed by atoms with Crippen LogP contribution in [-0.2, 0) is 9.47 Å². The molecule has 3 atom stereocenters. The van der Waals surface area contributed by atoms with E-state index < -0.39 is 0 Å². The van der Waals surface area contributed by atoms with Crippen LogP contribution in [-0.4, -0.2) is 24.4 Å². The molecule has 0 saturated carbocycles. The van der Waals surface area contributed by atoms with Crippen molar-refractivity contribution in [3.63, 3.8) is 0 Å². The predicted molar refractivity (Wildman–Crippen MR) is 33.5 cm³/mol. The van der Waals surface area contributed by atoms with Gasteiger partial charge in [0.1, 0.15) is 0 Å². The van der Waals surface area contributed by atoms with Gasteiger partial charge in [-0.05, 0) is 12.8 Å². The van der Waals surface area contributed by atoms with Gasteiger partial charge in [-0.2, -0.15) is 0 Å². The molecular formula is C6H9ClO2. The molecule has 2 heterocycles. The van der Waals surface area contributed by atoms with E-state index in [2.05, 4.69) is 0 Å². The van der Waals surface area contributed by atoms with Crippen molar-refractivity contribution in [1.82, 2.24) is 0 Å². The first-order valence-corrected chi connectivity index (χ1v) is 3.71. The van der Waals surface area contributed by atoms with E-state index in [-0.39, 0.29) is 11.7 Å². The molecule has 0 aromatic carbocycles. The molecule has 3 heteroatoms. The second-order valence-corrected chi connectivity index (χ2v) is 3.11. The fourth-order valence-electron chi connectivity index (χ4n) is 1.29. The Hall–Kier alpha value is 0.210. The van der Waals surface area contributed by atoms with Crippen LogP contribution in [0.2, 0.25) is 0 Å². The zero-order valence-corrected chi connectivity index (χ0v) is 5.80. The number of hydrogen-bond donors (Lipinski definition) is 0. The van der Waals surface area contributed by atoms with E-state index in [0.29, 0.717) is 6.10 Å². The molecule has 2 saturated heterocycles. The van der Waals surface area contributed by atoms with Crippen molar-refractivity contribution in [3.05, 3.63) is 0 Å². The van der Waals surface area contributed by atoms with Crippen molar-refractivity contribution in [2.24, 2.45) is 0 Å². The van der Waals surface area contributed by atoms with Crippen LogP contribution in [0.1, 0.15) is 12.8 Å². The van der Waals surface area contributed by atoms with Crippen LogP contribution in [0, 0.1) is 0 Å². The van der Waals surface area contributed by atoms with Crippen LogP contribution >= 0.6 is 11.6 Å². The Bertz CT molecular complexity index is 118. The average Bonchev–Trinajstić information content (AvgIpc) is 2.25. The van der Waals surface area contributed by atoms with Gasteiger partial charge in [0.05, 0.1) is 18.1 Å². The lowest BCUT2D eigenvalue weighted by atomic mass is 10.1. The van der Waals surface area contributed by atoms with Crippen LogP contribution in [0.15, 0.2) is 0 Å².